The smallest absolute Gasteiger partial charge is 0.331 e. The molecule has 1 rings (SSSR count). The summed E-state index contributed by atoms with van der Waals surface area (Å²) in [6, 6.07) is 0. The first kappa shape index (κ1) is 11.2. The number of carbonyl (C=O) groups is 1. The summed E-state index contributed by atoms with van der Waals surface area (Å²) in [5.41, 5.74) is -0.874. The molecule has 2 N–H and O–H groups in total. The second-order valence-electron chi connectivity index (χ2n) is 5.09. The summed E-state index contributed by atoms with van der Waals surface area (Å²) in [5.74, 6) is -0.918. The molecule has 1 unspecified atom stereocenters. The van der Waals surface area contributed by atoms with Gasteiger partial charge < -0.3 is 15.4 Å². The fourth-order valence-corrected chi connectivity index (χ4v) is 2.12. The van der Waals surface area contributed by atoms with Gasteiger partial charge in [-0.05, 0) is 33.8 Å². The van der Waals surface area contributed by atoms with Crippen molar-refractivity contribution in [3.8, 4) is 0 Å². The predicted octanol–water partition coefficient (Wildman–Crippen LogP) is 0.341. The lowest BCUT2D eigenvalue weighted by Crippen LogP contribution is -3.22. The second-order valence-corrected chi connectivity index (χ2v) is 5.09. The van der Waals surface area contributed by atoms with E-state index in [1.165, 1.54) is 0 Å². The van der Waals surface area contributed by atoms with E-state index in [0.29, 0.717) is 12.0 Å². The number of hydrogen-bond donors (Lipinski definition) is 2. The Hall–Kier alpha value is -0.870. The molecule has 4 nitrogen and oxygen atoms in total. The van der Waals surface area contributed by atoms with E-state index < -0.39 is 17.0 Å². The minimum atomic E-state index is -0.918. The number of nitrogens with one attached hydrogen (secondary N) is 1. The van der Waals surface area contributed by atoms with Crippen molar-refractivity contribution in [2.75, 3.05) is 0 Å². The van der Waals surface area contributed by atoms with Crippen molar-refractivity contribution < 1.29 is 15.0 Å². The zero-order valence-corrected chi connectivity index (χ0v) is 9.05. The zero-order valence-electron chi connectivity index (χ0n) is 9.05. The third-order valence-electron chi connectivity index (χ3n) is 2.64. The van der Waals surface area contributed by atoms with Crippen molar-refractivity contribution in [2.45, 2.75) is 45.2 Å². The molecule has 0 aromatic carbocycles. The summed E-state index contributed by atoms with van der Waals surface area (Å²) < 4.78 is 0. The largest absolute Gasteiger partial charge is 0.633 e. The van der Waals surface area contributed by atoms with Crippen LogP contribution < -0.4 is 5.06 Å². The Balaban J connectivity index is 3.12. The molecule has 0 saturated carbocycles. The summed E-state index contributed by atoms with van der Waals surface area (Å²) in [7, 11) is 0. The molecule has 0 radical (unpaired) electrons. The Morgan fingerprint density at radius 1 is 1.50 bits per heavy atom. The molecule has 0 aliphatic carbocycles. The monoisotopic (exact) mass is 199 g/mol. The quantitative estimate of drug-likeness (QED) is 0.598. The SMILES string of the molecule is CC1(C)C=C(C(=O)O)CC(C)(C)[NH+]1[O-]. The summed E-state index contributed by atoms with van der Waals surface area (Å²) in [6.45, 7) is 7.12. The van der Waals surface area contributed by atoms with Crippen LogP contribution in [0.2, 0.25) is 0 Å². The standard InChI is InChI=1S/C10H17NO3/c1-9(2)5-7(8(12)13)6-10(3,4)11(9)14/h5,11H,6H2,1-4H3,(H,12,13). The third-order valence-corrected chi connectivity index (χ3v) is 2.64. The van der Waals surface area contributed by atoms with Gasteiger partial charge in [0.2, 0.25) is 0 Å². The number of quaternary nitrogens is 1. The van der Waals surface area contributed by atoms with Crippen LogP contribution in [0.1, 0.15) is 34.1 Å². The van der Waals surface area contributed by atoms with Crippen molar-refractivity contribution in [1.82, 2.24) is 0 Å². The molecule has 0 fully saturated rings. The van der Waals surface area contributed by atoms with Crippen LogP contribution in [0, 0.1) is 5.21 Å². The van der Waals surface area contributed by atoms with Gasteiger partial charge in [-0.3, -0.25) is 0 Å². The topological polar surface area (TPSA) is 64.8 Å². The van der Waals surface area contributed by atoms with Gasteiger partial charge in [0.1, 0.15) is 5.54 Å². The number of aliphatic carboxylic acids is 1. The van der Waals surface area contributed by atoms with Crippen LogP contribution in [-0.2, 0) is 4.79 Å². The molecule has 1 atom stereocenters. The van der Waals surface area contributed by atoms with Crippen molar-refractivity contribution >= 4 is 5.97 Å². The highest BCUT2D eigenvalue weighted by Gasteiger charge is 2.41. The fourth-order valence-electron chi connectivity index (χ4n) is 2.12. The van der Waals surface area contributed by atoms with Gasteiger partial charge in [-0.25, -0.2) is 4.79 Å². The van der Waals surface area contributed by atoms with Crippen LogP contribution in [-0.4, -0.2) is 22.2 Å². The summed E-state index contributed by atoms with van der Waals surface area (Å²) >= 11 is 0. The van der Waals surface area contributed by atoms with Crippen LogP contribution in [0.15, 0.2) is 11.6 Å². The molecule has 0 saturated heterocycles. The maximum absolute atomic E-state index is 11.9. The van der Waals surface area contributed by atoms with Gasteiger partial charge in [0.05, 0.1) is 5.54 Å². The van der Waals surface area contributed by atoms with Gasteiger partial charge in [0.25, 0.3) is 0 Å². The molecule has 1 heterocycles. The van der Waals surface area contributed by atoms with Gasteiger partial charge in [-0.15, -0.1) is 0 Å². The highest BCUT2D eigenvalue weighted by molar-refractivity contribution is 5.87. The van der Waals surface area contributed by atoms with Crippen LogP contribution in [0.4, 0.5) is 0 Å². The number of carboxylic acids is 1. The van der Waals surface area contributed by atoms with Gasteiger partial charge in [-0.1, -0.05) is 0 Å². The molecular formula is C10H17NO3. The fraction of sp³-hybridized carbons (Fsp3) is 0.700. The van der Waals surface area contributed by atoms with Crippen LogP contribution in [0.25, 0.3) is 0 Å². The van der Waals surface area contributed by atoms with Gasteiger partial charge in [0.15, 0.2) is 0 Å². The Morgan fingerprint density at radius 2 is 2.00 bits per heavy atom. The predicted molar refractivity (Wildman–Crippen MR) is 52.8 cm³/mol. The Morgan fingerprint density at radius 3 is 2.36 bits per heavy atom. The van der Waals surface area contributed by atoms with Crippen molar-refractivity contribution in [2.24, 2.45) is 0 Å². The molecule has 14 heavy (non-hydrogen) atoms. The molecule has 1 aliphatic rings. The highest BCUT2D eigenvalue weighted by atomic mass is 16.5. The first-order valence-corrected chi connectivity index (χ1v) is 4.67. The number of hydrogen-bond acceptors (Lipinski definition) is 2. The van der Waals surface area contributed by atoms with Crippen molar-refractivity contribution in [3.05, 3.63) is 16.9 Å². The Bertz CT molecular complexity index is 292. The third kappa shape index (κ3) is 1.81. The number of carboxylic acid groups (broad SMARTS) is 1. The first-order valence-electron chi connectivity index (χ1n) is 4.67. The van der Waals surface area contributed by atoms with E-state index in [4.69, 9.17) is 5.11 Å². The molecule has 0 spiro atoms. The molecule has 80 valence electrons. The molecule has 0 bridgehead atoms. The lowest BCUT2D eigenvalue weighted by molar-refractivity contribution is -0.943. The maximum Gasteiger partial charge on any atom is 0.331 e. The highest BCUT2D eigenvalue weighted by Crippen LogP contribution is 2.22. The second kappa shape index (κ2) is 3.07. The molecule has 4 heteroatoms. The van der Waals surface area contributed by atoms with Gasteiger partial charge in [0, 0.05) is 12.0 Å². The van der Waals surface area contributed by atoms with E-state index in [1.807, 2.05) is 0 Å². The van der Waals surface area contributed by atoms with E-state index in [0.717, 1.165) is 0 Å². The van der Waals surface area contributed by atoms with Crippen molar-refractivity contribution in [1.29, 1.82) is 0 Å². The average Bonchev–Trinajstić information content (AvgIpc) is 1.98. The molecule has 1 aliphatic heterocycles. The van der Waals surface area contributed by atoms with Gasteiger partial charge in [-0.2, -0.15) is 0 Å². The summed E-state index contributed by atoms with van der Waals surface area (Å²) in [6.07, 6.45) is 1.90. The van der Waals surface area contributed by atoms with E-state index >= 15 is 0 Å². The van der Waals surface area contributed by atoms with Crippen LogP contribution in [0.5, 0.6) is 0 Å². The summed E-state index contributed by atoms with van der Waals surface area (Å²) in [4.78, 5) is 10.9. The van der Waals surface area contributed by atoms with E-state index in [1.54, 1.807) is 33.8 Å². The Labute approximate surface area is 83.8 Å². The molecule has 0 aromatic rings. The molecule has 0 amide bonds. The van der Waals surface area contributed by atoms with Crippen LogP contribution >= 0.6 is 0 Å². The normalized spacial score (nSPS) is 29.5. The van der Waals surface area contributed by atoms with Gasteiger partial charge >= 0.3 is 5.97 Å². The maximum atomic E-state index is 11.9. The lowest BCUT2D eigenvalue weighted by atomic mass is 9.83. The minimum Gasteiger partial charge on any atom is -0.633 e. The lowest BCUT2D eigenvalue weighted by Gasteiger charge is -2.50. The molecular weight excluding hydrogens is 182 g/mol. The van der Waals surface area contributed by atoms with E-state index in [9.17, 15) is 10.0 Å². The van der Waals surface area contributed by atoms with Crippen LogP contribution in [0.3, 0.4) is 0 Å². The summed E-state index contributed by atoms with van der Waals surface area (Å²) in [5, 5.41) is 20.9. The van der Waals surface area contributed by atoms with E-state index in [-0.39, 0.29) is 5.06 Å². The number of hydroxylamine groups is 2. The molecule has 0 aromatic heterocycles. The van der Waals surface area contributed by atoms with Crippen molar-refractivity contribution in [3.63, 3.8) is 0 Å². The first-order chi connectivity index (χ1) is 6.17. The Kier molecular flexibility index (Phi) is 2.46. The van der Waals surface area contributed by atoms with E-state index in [2.05, 4.69) is 0 Å². The minimum absolute atomic E-state index is 0.106. The average molecular weight is 199 g/mol. The number of rotatable bonds is 1. The zero-order chi connectivity index (χ0) is 11.1.